The molecule has 0 spiro atoms. The van der Waals surface area contributed by atoms with Crippen molar-refractivity contribution in [1.29, 1.82) is 0 Å². The first kappa shape index (κ1) is 15.0. The molecule has 102 valence electrons. The van der Waals surface area contributed by atoms with Gasteiger partial charge in [0.1, 0.15) is 0 Å². The summed E-state index contributed by atoms with van der Waals surface area (Å²) in [6.45, 7) is 11.5. The monoisotopic (exact) mass is 241 g/mol. The Balaban J connectivity index is 2.62. The Morgan fingerprint density at radius 2 is 1.88 bits per heavy atom. The quantitative estimate of drug-likeness (QED) is 0.816. The molecule has 0 aromatic heterocycles. The van der Waals surface area contributed by atoms with Crippen LogP contribution in [0.2, 0.25) is 0 Å². The average Bonchev–Trinajstić information content (AvgIpc) is 2.19. The Bertz CT molecular complexity index is 237. The SMILES string of the molecule is CC(C)CC(C)N(C)C1CC(C)(C)CCC1O. The number of likely N-dealkylation sites (N-methyl/N-ethyl adjacent to an activating group) is 1. The number of rotatable bonds is 4. The van der Waals surface area contributed by atoms with Crippen molar-refractivity contribution < 1.29 is 5.11 Å². The smallest absolute Gasteiger partial charge is 0.0695 e. The fraction of sp³-hybridized carbons (Fsp3) is 1.00. The second-order valence-corrected chi connectivity index (χ2v) is 7.19. The molecule has 17 heavy (non-hydrogen) atoms. The minimum atomic E-state index is -0.136. The van der Waals surface area contributed by atoms with Gasteiger partial charge in [-0.15, -0.1) is 0 Å². The number of hydrogen-bond acceptors (Lipinski definition) is 2. The van der Waals surface area contributed by atoms with E-state index in [0.29, 0.717) is 17.5 Å². The van der Waals surface area contributed by atoms with Crippen LogP contribution in [0.3, 0.4) is 0 Å². The van der Waals surface area contributed by atoms with Gasteiger partial charge in [-0.1, -0.05) is 27.7 Å². The lowest BCUT2D eigenvalue weighted by molar-refractivity contribution is -0.0228. The van der Waals surface area contributed by atoms with Crippen LogP contribution in [0.5, 0.6) is 0 Å². The summed E-state index contributed by atoms with van der Waals surface area (Å²) in [5.74, 6) is 0.723. The molecule has 1 fully saturated rings. The highest BCUT2D eigenvalue weighted by Crippen LogP contribution is 2.37. The summed E-state index contributed by atoms with van der Waals surface area (Å²) in [6, 6.07) is 0.899. The highest BCUT2D eigenvalue weighted by atomic mass is 16.3. The predicted octanol–water partition coefficient (Wildman–Crippen LogP) is 3.29. The van der Waals surface area contributed by atoms with Crippen molar-refractivity contribution >= 4 is 0 Å². The molecule has 1 N–H and O–H groups in total. The van der Waals surface area contributed by atoms with Crippen molar-refractivity contribution in [3.63, 3.8) is 0 Å². The van der Waals surface area contributed by atoms with E-state index in [-0.39, 0.29) is 6.10 Å². The Kier molecular flexibility index (Phi) is 5.03. The van der Waals surface area contributed by atoms with E-state index in [1.54, 1.807) is 0 Å². The van der Waals surface area contributed by atoms with Crippen molar-refractivity contribution in [1.82, 2.24) is 4.90 Å². The molecular formula is C15H31NO. The molecule has 0 aromatic rings. The topological polar surface area (TPSA) is 23.5 Å². The standard InChI is InChI=1S/C15H31NO/c1-11(2)9-12(3)16(6)13-10-15(4,5)8-7-14(13)17/h11-14,17H,7-10H2,1-6H3. The normalized spacial score (nSPS) is 30.9. The zero-order chi connectivity index (χ0) is 13.2. The van der Waals surface area contributed by atoms with Gasteiger partial charge in [0, 0.05) is 12.1 Å². The van der Waals surface area contributed by atoms with Gasteiger partial charge < -0.3 is 5.11 Å². The van der Waals surface area contributed by atoms with Crippen molar-refractivity contribution in [2.45, 2.75) is 78.5 Å². The summed E-state index contributed by atoms with van der Waals surface area (Å²) in [5.41, 5.74) is 0.385. The molecule has 1 aliphatic rings. The van der Waals surface area contributed by atoms with E-state index >= 15 is 0 Å². The third-order valence-electron chi connectivity index (χ3n) is 4.35. The molecule has 0 amide bonds. The van der Waals surface area contributed by atoms with Crippen LogP contribution in [0.25, 0.3) is 0 Å². The van der Waals surface area contributed by atoms with Crippen LogP contribution in [0, 0.1) is 11.3 Å². The zero-order valence-electron chi connectivity index (χ0n) is 12.5. The van der Waals surface area contributed by atoms with E-state index in [1.807, 2.05) is 0 Å². The fourth-order valence-corrected chi connectivity index (χ4v) is 3.13. The third-order valence-corrected chi connectivity index (χ3v) is 4.35. The molecule has 0 aliphatic heterocycles. The largest absolute Gasteiger partial charge is 0.391 e. The molecule has 0 aromatic carbocycles. The lowest BCUT2D eigenvalue weighted by Gasteiger charge is -2.45. The van der Waals surface area contributed by atoms with E-state index in [1.165, 1.54) is 6.42 Å². The van der Waals surface area contributed by atoms with E-state index in [9.17, 15) is 5.11 Å². The van der Waals surface area contributed by atoms with Crippen molar-refractivity contribution in [3.8, 4) is 0 Å². The minimum Gasteiger partial charge on any atom is -0.391 e. The van der Waals surface area contributed by atoms with Crippen LogP contribution in [0.4, 0.5) is 0 Å². The van der Waals surface area contributed by atoms with Gasteiger partial charge in [0.05, 0.1) is 6.10 Å². The lowest BCUT2D eigenvalue weighted by Crippen LogP contribution is -2.50. The van der Waals surface area contributed by atoms with Gasteiger partial charge in [0.15, 0.2) is 0 Å². The van der Waals surface area contributed by atoms with Crippen LogP contribution in [0.15, 0.2) is 0 Å². The molecule has 2 nitrogen and oxygen atoms in total. The van der Waals surface area contributed by atoms with E-state index in [4.69, 9.17) is 0 Å². The number of hydrogen-bond donors (Lipinski definition) is 1. The first-order valence-corrected chi connectivity index (χ1v) is 7.13. The van der Waals surface area contributed by atoms with Crippen molar-refractivity contribution in [2.24, 2.45) is 11.3 Å². The summed E-state index contributed by atoms with van der Waals surface area (Å²) < 4.78 is 0. The van der Waals surface area contributed by atoms with Crippen LogP contribution < -0.4 is 0 Å². The zero-order valence-corrected chi connectivity index (χ0v) is 12.5. The molecule has 1 saturated carbocycles. The maximum Gasteiger partial charge on any atom is 0.0695 e. The van der Waals surface area contributed by atoms with Gasteiger partial charge in [0.2, 0.25) is 0 Å². The summed E-state index contributed by atoms with van der Waals surface area (Å²) in [4.78, 5) is 2.41. The first-order chi connectivity index (χ1) is 7.73. The summed E-state index contributed by atoms with van der Waals surface area (Å²) in [6.07, 6.45) is 4.29. The molecule has 0 bridgehead atoms. The summed E-state index contributed by atoms with van der Waals surface area (Å²) in [5, 5.41) is 10.2. The Morgan fingerprint density at radius 1 is 1.29 bits per heavy atom. The number of nitrogens with zero attached hydrogens (tertiary/aromatic N) is 1. The molecule has 0 saturated heterocycles. The minimum absolute atomic E-state index is 0.136. The number of aliphatic hydroxyl groups is 1. The van der Waals surface area contributed by atoms with Gasteiger partial charge in [-0.05, 0) is 51.0 Å². The fourth-order valence-electron chi connectivity index (χ4n) is 3.13. The first-order valence-electron chi connectivity index (χ1n) is 7.13. The van der Waals surface area contributed by atoms with Crippen LogP contribution in [-0.2, 0) is 0 Å². The van der Waals surface area contributed by atoms with E-state index in [2.05, 4.69) is 46.6 Å². The Hall–Kier alpha value is -0.0800. The van der Waals surface area contributed by atoms with E-state index in [0.717, 1.165) is 25.2 Å². The van der Waals surface area contributed by atoms with Crippen LogP contribution in [-0.4, -0.2) is 35.2 Å². The molecule has 0 heterocycles. The Labute approximate surface area is 107 Å². The van der Waals surface area contributed by atoms with Crippen molar-refractivity contribution in [3.05, 3.63) is 0 Å². The molecule has 0 radical (unpaired) electrons. The molecule has 3 unspecified atom stereocenters. The van der Waals surface area contributed by atoms with Crippen LogP contribution >= 0.6 is 0 Å². The molecule has 2 heteroatoms. The van der Waals surface area contributed by atoms with Crippen molar-refractivity contribution in [2.75, 3.05) is 7.05 Å². The third kappa shape index (κ3) is 4.26. The van der Waals surface area contributed by atoms with Gasteiger partial charge in [-0.25, -0.2) is 0 Å². The second kappa shape index (κ2) is 5.71. The molecule has 3 atom stereocenters. The number of aliphatic hydroxyl groups excluding tert-OH is 1. The highest BCUT2D eigenvalue weighted by Gasteiger charge is 2.37. The molecule has 1 aliphatic carbocycles. The molecular weight excluding hydrogens is 210 g/mol. The predicted molar refractivity (Wildman–Crippen MR) is 74.1 cm³/mol. The lowest BCUT2D eigenvalue weighted by atomic mass is 9.73. The van der Waals surface area contributed by atoms with E-state index < -0.39 is 0 Å². The van der Waals surface area contributed by atoms with Gasteiger partial charge in [0.25, 0.3) is 0 Å². The highest BCUT2D eigenvalue weighted by molar-refractivity contribution is 4.91. The summed E-state index contributed by atoms with van der Waals surface area (Å²) >= 11 is 0. The molecule has 1 rings (SSSR count). The maximum atomic E-state index is 10.2. The van der Waals surface area contributed by atoms with Gasteiger partial charge >= 0.3 is 0 Å². The average molecular weight is 241 g/mol. The van der Waals surface area contributed by atoms with Gasteiger partial charge in [-0.2, -0.15) is 0 Å². The Morgan fingerprint density at radius 3 is 2.41 bits per heavy atom. The van der Waals surface area contributed by atoms with Crippen LogP contribution in [0.1, 0.15) is 60.3 Å². The van der Waals surface area contributed by atoms with Gasteiger partial charge in [-0.3, -0.25) is 4.90 Å². The summed E-state index contributed by atoms with van der Waals surface area (Å²) in [7, 11) is 2.18. The second-order valence-electron chi connectivity index (χ2n) is 7.19. The maximum absolute atomic E-state index is 10.2.